The topological polar surface area (TPSA) is 41.1 Å². The number of hydrogen-bond donors (Lipinski definition) is 2. The van der Waals surface area contributed by atoms with Crippen LogP contribution in [0.4, 0.5) is 0 Å². The summed E-state index contributed by atoms with van der Waals surface area (Å²) in [6.45, 7) is 6.15. The van der Waals surface area contributed by atoms with Gasteiger partial charge in [-0.25, -0.2) is 0 Å². The summed E-state index contributed by atoms with van der Waals surface area (Å²) >= 11 is 0. The molecular weight excluding hydrogens is 200 g/mol. The Kier molecular flexibility index (Phi) is 5.81. The summed E-state index contributed by atoms with van der Waals surface area (Å²) in [6.07, 6.45) is 7.66. The molecule has 16 heavy (non-hydrogen) atoms. The van der Waals surface area contributed by atoms with E-state index >= 15 is 0 Å². The first-order valence-corrected chi connectivity index (χ1v) is 6.78. The van der Waals surface area contributed by atoms with E-state index < -0.39 is 0 Å². The minimum Gasteiger partial charge on any atom is -0.354 e. The highest BCUT2D eigenvalue weighted by molar-refractivity contribution is 5.86. The van der Waals surface area contributed by atoms with Crippen molar-refractivity contribution in [1.29, 1.82) is 0 Å². The molecule has 1 rings (SSSR count). The van der Waals surface area contributed by atoms with E-state index in [9.17, 15) is 4.79 Å². The van der Waals surface area contributed by atoms with Crippen molar-refractivity contribution in [2.24, 2.45) is 0 Å². The summed E-state index contributed by atoms with van der Waals surface area (Å²) in [6, 6.07) is 0. The number of carbonyl (C=O) groups is 1. The Balaban J connectivity index is 2.36. The predicted octanol–water partition coefficient (Wildman–Crippen LogP) is 2.22. The van der Waals surface area contributed by atoms with Crippen molar-refractivity contribution < 1.29 is 4.79 Å². The molecule has 94 valence electrons. The molecule has 1 amide bonds. The molecule has 1 saturated heterocycles. The zero-order valence-electron chi connectivity index (χ0n) is 10.8. The van der Waals surface area contributed by atoms with Crippen molar-refractivity contribution in [2.45, 2.75) is 64.3 Å². The van der Waals surface area contributed by atoms with Crippen molar-refractivity contribution >= 4 is 5.91 Å². The summed E-state index contributed by atoms with van der Waals surface area (Å²) in [7, 11) is 0. The van der Waals surface area contributed by atoms with Gasteiger partial charge in [0.1, 0.15) is 0 Å². The lowest BCUT2D eigenvalue weighted by Crippen LogP contribution is -2.53. The zero-order valence-corrected chi connectivity index (χ0v) is 10.8. The highest BCUT2D eigenvalue weighted by atomic mass is 16.2. The van der Waals surface area contributed by atoms with Gasteiger partial charge in [0.25, 0.3) is 0 Å². The van der Waals surface area contributed by atoms with Crippen LogP contribution < -0.4 is 10.6 Å². The van der Waals surface area contributed by atoms with Gasteiger partial charge in [0, 0.05) is 6.54 Å². The van der Waals surface area contributed by atoms with Crippen molar-refractivity contribution in [3.8, 4) is 0 Å². The molecule has 1 unspecified atom stereocenters. The van der Waals surface area contributed by atoms with Crippen LogP contribution in [0.2, 0.25) is 0 Å². The molecule has 1 fully saturated rings. The molecule has 3 heteroatoms. The third kappa shape index (κ3) is 3.48. The summed E-state index contributed by atoms with van der Waals surface area (Å²) in [5.41, 5.74) is -0.249. The van der Waals surface area contributed by atoms with Gasteiger partial charge in [-0.1, -0.05) is 33.1 Å². The molecule has 0 aromatic rings. The van der Waals surface area contributed by atoms with Gasteiger partial charge < -0.3 is 10.6 Å². The third-order valence-corrected chi connectivity index (χ3v) is 3.42. The Labute approximate surface area is 99.4 Å². The van der Waals surface area contributed by atoms with Gasteiger partial charge in [-0.2, -0.15) is 0 Å². The van der Waals surface area contributed by atoms with Crippen LogP contribution in [0.15, 0.2) is 0 Å². The van der Waals surface area contributed by atoms with Crippen molar-refractivity contribution in [2.75, 3.05) is 13.1 Å². The Morgan fingerprint density at radius 3 is 2.69 bits per heavy atom. The third-order valence-electron chi connectivity index (χ3n) is 3.42. The molecule has 0 saturated carbocycles. The molecule has 0 spiro atoms. The van der Waals surface area contributed by atoms with Crippen LogP contribution in [-0.2, 0) is 4.79 Å². The standard InChI is InChI=1S/C13H26N2O/c1-3-5-6-10-14-12(16)13(8-4-2)9-7-11-15-13/h15H,3-11H2,1-2H3,(H,14,16). The van der Waals surface area contributed by atoms with Gasteiger partial charge in [-0.05, 0) is 32.2 Å². The maximum Gasteiger partial charge on any atom is 0.240 e. The van der Waals surface area contributed by atoms with E-state index in [0.717, 1.165) is 45.2 Å². The summed E-state index contributed by atoms with van der Waals surface area (Å²) in [4.78, 5) is 12.1. The smallest absolute Gasteiger partial charge is 0.240 e. The fourth-order valence-corrected chi connectivity index (χ4v) is 2.50. The molecule has 1 heterocycles. The number of carbonyl (C=O) groups excluding carboxylic acids is 1. The quantitative estimate of drug-likeness (QED) is 0.654. The van der Waals surface area contributed by atoms with Crippen LogP contribution in [0.3, 0.4) is 0 Å². The van der Waals surface area contributed by atoms with Crippen LogP contribution in [0, 0.1) is 0 Å². The molecule has 3 nitrogen and oxygen atoms in total. The van der Waals surface area contributed by atoms with Gasteiger partial charge in [0.2, 0.25) is 5.91 Å². The van der Waals surface area contributed by atoms with Gasteiger partial charge in [-0.15, -0.1) is 0 Å². The minimum absolute atomic E-state index is 0.225. The molecule has 0 aliphatic carbocycles. The van der Waals surface area contributed by atoms with E-state index in [0.29, 0.717) is 0 Å². The SMILES string of the molecule is CCCCCNC(=O)C1(CCC)CCCN1. The predicted molar refractivity (Wildman–Crippen MR) is 67.4 cm³/mol. The van der Waals surface area contributed by atoms with E-state index in [2.05, 4.69) is 24.5 Å². The lowest BCUT2D eigenvalue weighted by Gasteiger charge is -2.27. The van der Waals surface area contributed by atoms with Crippen LogP contribution in [0.1, 0.15) is 58.8 Å². The van der Waals surface area contributed by atoms with Crippen LogP contribution in [0.25, 0.3) is 0 Å². The maximum absolute atomic E-state index is 12.1. The molecule has 1 aliphatic rings. The maximum atomic E-state index is 12.1. The van der Waals surface area contributed by atoms with Gasteiger partial charge in [0.15, 0.2) is 0 Å². The molecule has 2 N–H and O–H groups in total. The van der Waals surface area contributed by atoms with Gasteiger partial charge in [-0.3, -0.25) is 4.79 Å². The van der Waals surface area contributed by atoms with E-state index in [1.54, 1.807) is 0 Å². The fourth-order valence-electron chi connectivity index (χ4n) is 2.50. The Morgan fingerprint density at radius 2 is 2.12 bits per heavy atom. The van der Waals surface area contributed by atoms with Crippen molar-refractivity contribution in [1.82, 2.24) is 10.6 Å². The molecule has 0 aromatic carbocycles. The second kappa shape index (κ2) is 6.89. The molecule has 1 aliphatic heterocycles. The Hall–Kier alpha value is -0.570. The normalized spacial score (nSPS) is 24.6. The molecule has 0 radical (unpaired) electrons. The molecule has 0 aromatic heterocycles. The lowest BCUT2D eigenvalue weighted by molar-refractivity contribution is -0.127. The zero-order chi connectivity index (χ0) is 11.9. The first kappa shape index (κ1) is 13.5. The van der Waals surface area contributed by atoms with Gasteiger partial charge in [0.05, 0.1) is 5.54 Å². The lowest BCUT2D eigenvalue weighted by atomic mass is 9.91. The summed E-state index contributed by atoms with van der Waals surface area (Å²) < 4.78 is 0. The van der Waals surface area contributed by atoms with Gasteiger partial charge >= 0.3 is 0 Å². The number of nitrogens with one attached hydrogen (secondary N) is 2. The van der Waals surface area contributed by atoms with E-state index in [1.807, 2.05) is 0 Å². The number of hydrogen-bond acceptors (Lipinski definition) is 2. The first-order chi connectivity index (χ1) is 7.75. The molecule has 0 bridgehead atoms. The molecule has 1 atom stereocenters. The van der Waals surface area contributed by atoms with E-state index in [4.69, 9.17) is 0 Å². The van der Waals surface area contributed by atoms with E-state index in [1.165, 1.54) is 12.8 Å². The van der Waals surface area contributed by atoms with E-state index in [-0.39, 0.29) is 11.4 Å². The summed E-state index contributed by atoms with van der Waals surface area (Å²) in [5, 5.41) is 6.48. The average Bonchev–Trinajstić information content (AvgIpc) is 2.74. The van der Waals surface area contributed by atoms with Crippen molar-refractivity contribution in [3.05, 3.63) is 0 Å². The van der Waals surface area contributed by atoms with Crippen LogP contribution in [-0.4, -0.2) is 24.5 Å². The molecular formula is C13H26N2O. The Morgan fingerprint density at radius 1 is 1.31 bits per heavy atom. The highest BCUT2D eigenvalue weighted by Crippen LogP contribution is 2.24. The summed E-state index contributed by atoms with van der Waals surface area (Å²) in [5.74, 6) is 0.225. The number of rotatable bonds is 7. The monoisotopic (exact) mass is 226 g/mol. The highest BCUT2D eigenvalue weighted by Gasteiger charge is 2.39. The number of amides is 1. The second-order valence-electron chi connectivity index (χ2n) is 4.83. The minimum atomic E-state index is -0.249. The van der Waals surface area contributed by atoms with Crippen molar-refractivity contribution in [3.63, 3.8) is 0 Å². The first-order valence-electron chi connectivity index (χ1n) is 6.78. The van der Waals surface area contributed by atoms with Crippen LogP contribution >= 0.6 is 0 Å². The number of unbranched alkanes of at least 4 members (excludes halogenated alkanes) is 2. The Bertz CT molecular complexity index is 210. The largest absolute Gasteiger partial charge is 0.354 e. The second-order valence-corrected chi connectivity index (χ2v) is 4.83. The van der Waals surface area contributed by atoms with Crippen LogP contribution in [0.5, 0.6) is 0 Å². The fraction of sp³-hybridized carbons (Fsp3) is 0.923. The average molecular weight is 226 g/mol.